The van der Waals surface area contributed by atoms with Gasteiger partial charge in [-0.3, -0.25) is 9.59 Å². The van der Waals surface area contributed by atoms with Gasteiger partial charge in [0.25, 0.3) is 5.91 Å². The van der Waals surface area contributed by atoms with E-state index in [1.54, 1.807) is 37.5 Å². The lowest BCUT2D eigenvalue weighted by molar-refractivity contribution is 0.0648. The van der Waals surface area contributed by atoms with E-state index < -0.39 is 34.8 Å². The Labute approximate surface area is 183 Å². The summed E-state index contributed by atoms with van der Waals surface area (Å²) in [5.74, 6) is -1.70. The highest BCUT2D eigenvalue weighted by Gasteiger charge is 2.44. The van der Waals surface area contributed by atoms with E-state index in [0.717, 1.165) is 0 Å². The van der Waals surface area contributed by atoms with Crippen LogP contribution in [0.15, 0.2) is 29.1 Å². The van der Waals surface area contributed by atoms with Gasteiger partial charge >= 0.3 is 11.7 Å². The Bertz CT molecular complexity index is 1140. The van der Waals surface area contributed by atoms with E-state index in [1.165, 1.54) is 21.9 Å². The van der Waals surface area contributed by atoms with E-state index >= 15 is 0 Å². The average molecular weight is 444 g/mol. The summed E-state index contributed by atoms with van der Waals surface area (Å²) in [5, 5.41) is 20.1. The number of amides is 2. The number of hydrogen-bond donors (Lipinski definition) is 2. The molecule has 32 heavy (non-hydrogen) atoms. The number of carbonyl (C=O) groups excluding carboxylic acids is 1. The van der Waals surface area contributed by atoms with E-state index in [2.05, 4.69) is 4.98 Å². The van der Waals surface area contributed by atoms with Gasteiger partial charge in [-0.1, -0.05) is 12.1 Å². The van der Waals surface area contributed by atoms with E-state index in [4.69, 9.17) is 0 Å². The summed E-state index contributed by atoms with van der Waals surface area (Å²) in [6.07, 6.45) is -0.617. The van der Waals surface area contributed by atoms with Crippen molar-refractivity contribution in [3.05, 3.63) is 57.5 Å². The Kier molecular flexibility index (Phi) is 5.18. The summed E-state index contributed by atoms with van der Waals surface area (Å²) < 4.78 is 14.8. The first-order valence-electron chi connectivity index (χ1n) is 10.4. The minimum Gasteiger partial charge on any atom is -0.501 e. The Hall–Kier alpha value is -3.43. The number of aromatic nitrogens is 2. The molecule has 2 amide bonds. The number of benzene rings is 1. The van der Waals surface area contributed by atoms with Crippen molar-refractivity contribution in [3.8, 4) is 5.75 Å². The van der Waals surface area contributed by atoms with Gasteiger partial charge < -0.3 is 24.6 Å². The molecule has 9 nitrogen and oxygen atoms in total. The predicted molar refractivity (Wildman–Crippen MR) is 112 cm³/mol. The van der Waals surface area contributed by atoms with Crippen LogP contribution in [-0.4, -0.2) is 60.2 Å². The summed E-state index contributed by atoms with van der Waals surface area (Å²) in [5.41, 5.74) is -0.993. The molecule has 0 aliphatic carbocycles. The van der Waals surface area contributed by atoms with Gasteiger partial charge in [-0.15, -0.1) is 0 Å². The van der Waals surface area contributed by atoms with E-state index in [-0.39, 0.29) is 30.6 Å². The molecule has 0 spiro atoms. The lowest BCUT2D eigenvalue weighted by atomic mass is 9.99. The van der Waals surface area contributed by atoms with Crippen molar-refractivity contribution in [2.75, 3.05) is 13.1 Å². The fourth-order valence-corrected chi connectivity index (χ4v) is 4.55. The van der Waals surface area contributed by atoms with Gasteiger partial charge in [-0.25, -0.2) is 9.18 Å². The molecule has 2 aliphatic rings. The molecule has 0 bridgehead atoms. The quantitative estimate of drug-likeness (QED) is 0.749. The van der Waals surface area contributed by atoms with E-state index in [0.29, 0.717) is 24.4 Å². The largest absolute Gasteiger partial charge is 0.501 e. The van der Waals surface area contributed by atoms with Crippen LogP contribution in [0, 0.1) is 5.82 Å². The van der Waals surface area contributed by atoms with Crippen LogP contribution in [0.2, 0.25) is 0 Å². The summed E-state index contributed by atoms with van der Waals surface area (Å²) in [6, 6.07) is 5.50. The van der Waals surface area contributed by atoms with Gasteiger partial charge in [0.05, 0.1) is 6.04 Å². The van der Waals surface area contributed by atoms with Crippen LogP contribution in [0.3, 0.4) is 0 Å². The molecule has 0 saturated carbocycles. The number of rotatable bonds is 4. The van der Waals surface area contributed by atoms with Crippen LogP contribution in [0.1, 0.15) is 61.0 Å². The number of nitrogens with zero attached hydrogens (tertiary/aromatic N) is 4. The van der Waals surface area contributed by atoms with Crippen molar-refractivity contribution in [2.24, 2.45) is 0 Å². The highest BCUT2D eigenvalue weighted by molar-refractivity contribution is 5.96. The van der Waals surface area contributed by atoms with Crippen LogP contribution in [0.4, 0.5) is 9.18 Å². The van der Waals surface area contributed by atoms with E-state index in [1.807, 2.05) is 0 Å². The smallest absolute Gasteiger partial charge is 0.407 e. The van der Waals surface area contributed by atoms with Crippen molar-refractivity contribution in [2.45, 2.75) is 51.2 Å². The van der Waals surface area contributed by atoms with Crippen molar-refractivity contribution in [1.82, 2.24) is 19.4 Å². The Balaban J connectivity index is 1.70. The van der Waals surface area contributed by atoms with Gasteiger partial charge in [0.1, 0.15) is 11.6 Å². The second-order valence-corrected chi connectivity index (χ2v) is 9.30. The second kappa shape index (κ2) is 7.61. The maximum absolute atomic E-state index is 13.2. The molecule has 0 radical (unpaired) electrons. The Morgan fingerprint density at radius 3 is 2.50 bits per heavy atom. The molecule has 4 rings (SSSR count). The van der Waals surface area contributed by atoms with Crippen molar-refractivity contribution < 1.29 is 24.2 Å². The topological polar surface area (TPSA) is 116 Å². The molecular formula is C22H25FN4O5. The zero-order valence-corrected chi connectivity index (χ0v) is 18.1. The molecule has 2 N–H and O–H groups in total. The Morgan fingerprint density at radius 1 is 1.25 bits per heavy atom. The normalized spacial score (nSPS) is 19.8. The predicted octanol–water partition coefficient (Wildman–Crippen LogP) is 2.55. The fourth-order valence-electron chi connectivity index (χ4n) is 4.55. The minimum atomic E-state index is -1.09. The first-order chi connectivity index (χ1) is 15.0. The SMILES string of the molecule is CC(C)(C)N(C[C@H]1C[C@H]2CN(Cc3ccc(F)cc3)C(=O)c3c(O)c(=O)nc1n32)C(=O)O. The second-order valence-electron chi connectivity index (χ2n) is 9.30. The van der Waals surface area contributed by atoms with Gasteiger partial charge in [0.15, 0.2) is 5.69 Å². The lowest BCUT2D eigenvalue weighted by Gasteiger charge is -2.34. The third kappa shape index (κ3) is 3.69. The van der Waals surface area contributed by atoms with Crippen LogP contribution >= 0.6 is 0 Å². The minimum absolute atomic E-state index is 0.109. The number of carbonyl (C=O) groups is 2. The lowest BCUT2D eigenvalue weighted by Crippen LogP contribution is -2.47. The van der Waals surface area contributed by atoms with Crippen molar-refractivity contribution >= 4 is 12.0 Å². The number of halogens is 1. The molecule has 2 atom stereocenters. The van der Waals surface area contributed by atoms with Crippen LogP contribution < -0.4 is 5.56 Å². The maximum atomic E-state index is 13.2. The summed E-state index contributed by atoms with van der Waals surface area (Å²) in [4.78, 5) is 44.2. The zero-order valence-electron chi connectivity index (χ0n) is 18.1. The van der Waals surface area contributed by atoms with Crippen molar-refractivity contribution in [1.29, 1.82) is 0 Å². The summed E-state index contributed by atoms with van der Waals surface area (Å²) >= 11 is 0. The first-order valence-corrected chi connectivity index (χ1v) is 10.4. The molecule has 1 aromatic carbocycles. The maximum Gasteiger partial charge on any atom is 0.407 e. The van der Waals surface area contributed by atoms with Crippen molar-refractivity contribution in [3.63, 3.8) is 0 Å². The monoisotopic (exact) mass is 444 g/mol. The molecule has 0 saturated heterocycles. The summed E-state index contributed by atoms with van der Waals surface area (Å²) in [6.45, 7) is 5.94. The highest BCUT2D eigenvalue weighted by Crippen LogP contribution is 2.41. The first kappa shape index (κ1) is 21.8. The molecule has 1 aromatic heterocycles. The van der Waals surface area contributed by atoms with E-state index in [9.17, 15) is 29.0 Å². The molecule has 0 fully saturated rings. The van der Waals surface area contributed by atoms with Crippen LogP contribution in [-0.2, 0) is 6.54 Å². The third-order valence-corrected chi connectivity index (χ3v) is 6.07. The summed E-state index contributed by atoms with van der Waals surface area (Å²) in [7, 11) is 0. The highest BCUT2D eigenvalue weighted by atomic mass is 19.1. The third-order valence-electron chi connectivity index (χ3n) is 6.07. The molecule has 2 aliphatic heterocycles. The fraction of sp³-hybridized carbons (Fsp3) is 0.455. The molecular weight excluding hydrogens is 419 g/mol. The molecule has 170 valence electrons. The average Bonchev–Trinajstić information content (AvgIpc) is 3.03. The van der Waals surface area contributed by atoms with Gasteiger partial charge in [-0.05, 0) is 44.9 Å². The van der Waals surface area contributed by atoms with Gasteiger partial charge in [-0.2, -0.15) is 4.98 Å². The number of aromatic hydroxyl groups is 1. The standard InChI is InChI=1S/C22H25FN4O5/c1-22(2,3)26(21(31)32)10-13-8-15-11-25(9-12-4-6-14(23)7-5-12)20(30)16-17(28)19(29)24-18(13)27(15)16/h4-7,13,15,28H,8-11H2,1-3H3,(H,31,32)/t13-,15+/m1/s1. The number of hydrogen-bond acceptors (Lipinski definition) is 5. The van der Waals surface area contributed by atoms with Gasteiger partial charge in [0, 0.05) is 31.1 Å². The number of carboxylic acid groups (broad SMARTS) is 1. The molecule has 0 unspecified atom stereocenters. The molecule has 10 heteroatoms. The van der Waals surface area contributed by atoms with Gasteiger partial charge in [0.2, 0.25) is 5.75 Å². The van der Waals surface area contributed by atoms with Crippen LogP contribution in [0.5, 0.6) is 5.75 Å². The molecule has 3 heterocycles. The Morgan fingerprint density at radius 2 is 1.91 bits per heavy atom. The zero-order chi connectivity index (χ0) is 23.4. The molecule has 2 aromatic rings. The van der Waals surface area contributed by atoms with Crippen LogP contribution in [0.25, 0.3) is 0 Å².